The van der Waals surface area contributed by atoms with E-state index in [1.165, 1.54) is 46.8 Å². The van der Waals surface area contributed by atoms with E-state index in [1.54, 1.807) is 67.5 Å². The van der Waals surface area contributed by atoms with Gasteiger partial charge in [-0.1, -0.05) is 67.5 Å². The van der Waals surface area contributed by atoms with E-state index < -0.39 is 272 Å². The van der Waals surface area contributed by atoms with Crippen LogP contribution in [0.3, 0.4) is 0 Å². The zero-order chi connectivity index (χ0) is 102. The van der Waals surface area contributed by atoms with Crippen molar-refractivity contribution in [3.05, 3.63) is 29.8 Å². The maximum absolute atomic E-state index is 14.5. The second kappa shape index (κ2) is 61.7. The maximum Gasteiger partial charge on any atom is 0.326 e. The first-order valence-electron chi connectivity index (χ1n) is 44.7. The Morgan fingerprint density at radius 2 is 0.597 bits per heavy atom. The number of carboxylic acids is 3. The highest BCUT2D eigenvalue weighted by atomic mass is 16.4. The monoisotopic (exact) mass is 1900 g/mol. The lowest BCUT2D eigenvalue weighted by Gasteiger charge is -2.28. The Balaban J connectivity index is 3.37. The maximum atomic E-state index is 14.5. The molecule has 0 heterocycles. The molecule has 0 bridgehead atoms. The van der Waals surface area contributed by atoms with Gasteiger partial charge in [-0.05, 0) is 192 Å². The molecular formula is C85H144N24O25. The van der Waals surface area contributed by atoms with Crippen molar-refractivity contribution in [2.45, 2.75) is 315 Å². The summed E-state index contributed by atoms with van der Waals surface area (Å²) >= 11 is 0. The van der Waals surface area contributed by atoms with Crippen molar-refractivity contribution >= 4 is 130 Å². The molecule has 0 aliphatic rings. The molecule has 0 saturated heterocycles. The van der Waals surface area contributed by atoms with Crippen LogP contribution in [0.5, 0.6) is 5.75 Å². The van der Waals surface area contributed by atoms with Crippen LogP contribution in [0.1, 0.15) is 212 Å². The molecule has 1 aromatic carbocycles. The number of benzene rings is 1. The lowest BCUT2D eigenvalue weighted by Crippen LogP contribution is -2.60. The van der Waals surface area contributed by atoms with Crippen LogP contribution in [-0.2, 0) is 107 Å². The second-order valence-corrected chi connectivity index (χ2v) is 34.7. The van der Waals surface area contributed by atoms with Crippen molar-refractivity contribution in [1.29, 1.82) is 5.41 Å². The topological polar surface area (TPSA) is 810 Å². The number of hydrogen-bond donors (Lipinski definition) is 28. The van der Waals surface area contributed by atoms with Gasteiger partial charge in [-0.3, -0.25) is 101 Å². The van der Waals surface area contributed by atoms with Gasteiger partial charge in [0.25, 0.3) is 0 Å². The number of aliphatic carboxylic acids is 3. The Morgan fingerprint density at radius 1 is 0.321 bits per heavy atom. The highest BCUT2D eigenvalue weighted by Crippen LogP contribution is 2.17. The average molecular weight is 1900 g/mol. The van der Waals surface area contributed by atoms with Gasteiger partial charge in [0.05, 0.1) is 19.0 Å². The van der Waals surface area contributed by atoms with E-state index in [0.717, 1.165) is 6.92 Å². The van der Waals surface area contributed by atoms with E-state index in [0.29, 0.717) is 31.2 Å². The number of unbranched alkanes of at least 4 members (excludes halogenated alkanes) is 2. The smallest absolute Gasteiger partial charge is 0.326 e. The minimum atomic E-state index is -1.85. The summed E-state index contributed by atoms with van der Waals surface area (Å²) in [4.78, 5) is 282. The predicted octanol–water partition coefficient (Wildman–Crippen LogP) is -6.35. The summed E-state index contributed by atoms with van der Waals surface area (Å²) in [5.41, 5.74) is 29.0. The number of amides is 18. The third-order valence-corrected chi connectivity index (χ3v) is 20.4. The van der Waals surface area contributed by atoms with E-state index in [1.807, 2.05) is 0 Å². The van der Waals surface area contributed by atoms with Crippen molar-refractivity contribution in [2.75, 3.05) is 26.2 Å². The summed E-state index contributed by atoms with van der Waals surface area (Å²) in [5.74, 6) is -23.3. The number of phenols is 1. The highest BCUT2D eigenvalue weighted by molar-refractivity contribution is 6.02. The summed E-state index contributed by atoms with van der Waals surface area (Å²) in [6, 6.07) is -18.7. The van der Waals surface area contributed by atoms with E-state index in [-0.39, 0.29) is 107 Å². The molecule has 18 amide bonds. The Bertz CT molecular complexity index is 4160. The summed E-state index contributed by atoms with van der Waals surface area (Å²) < 4.78 is 0. The van der Waals surface area contributed by atoms with Crippen molar-refractivity contribution in [3.8, 4) is 5.75 Å². The Kier molecular flexibility index (Phi) is 54.8. The molecule has 0 aliphatic heterocycles. The molecule has 0 saturated carbocycles. The molecule has 0 spiro atoms. The second-order valence-electron chi connectivity index (χ2n) is 34.7. The van der Waals surface area contributed by atoms with Crippen molar-refractivity contribution in [3.63, 3.8) is 0 Å². The Labute approximate surface area is 778 Å². The van der Waals surface area contributed by atoms with Crippen LogP contribution < -0.4 is 124 Å². The fraction of sp³-hybridized carbons (Fsp3) is 0.671. The third-order valence-electron chi connectivity index (χ3n) is 20.4. The van der Waals surface area contributed by atoms with Gasteiger partial charge >= 0.3 is 17.9 Å². The van der Waals surface area contributed by atoms with Crippen LogP contribution in [0.4, 0.5) is 0 Å². The number of guanidine groups is 1. The normalized spacial score (nSPS) is 15.0. The number of primary amides is 1. The largest absolute Gasteiger partial charge is 0.508 e. The molecule has 0 aromatic heterocycles. The molecule has 0 fully saturated rings. The van der Waals surface area contributed by atoms with Crippen LogP contribution >= 0.6 is 0 Å². The van der Waals surface area contributed by atoms with Gasteiger partial charge in [0.2, 0.25) is 106 Å². The highest BCUT2D eigenvalue weighted by Gasteiger charge is 2.39. The molecule has 1 rings (SSSR count). The van der Waals surface area contributed by atoms with Gasteiger partial charge in [-0.15, -0.1) is 0 Å². The van der Waals surface area contributed by atoms with E-state index in [9.17, 15) is 121 Å². The Morgan fingerprint density at radius 3 is 0.955 bits per heavy atom. The van der Waals surface area contributed by atoms with Gasteiger partial charge < -0.3 is 145 Å². The quantitative estimate of drug-likeness (QED) is 0.0164. The molecule has 0 radical (unpaired) electrons. The molecule has 49 heteroatoms. The lowest BCUT2D eigenvalue weighted by molar-refractivity contribution is -0.142. The third kappa shape index (κ3) is 48.4. The number of aromatic hydroxyl groups is 1. The summed E-state index contributed by atoms with van der Waals surface area (Å²) in [6.45, 7) is 20.7. The molecule has 33 N–H and O–H groups in total. The lowest BCUT2D eigenvalue weighted by atomic mass is 9.99. The predicted molar refractivity (Wildman–Crippen MR) is 486 cm³/mol. The van der Waals surface area contributed by atoms with Crippen molar-refractivity contribution < 1.29 is 121 Å². The SMILES string of the molecule is CC(C)CC(NC(=O)C(C)NC(=O)C(CC(C)C)NC(=O)C(CCCCN)NC(=O)C(N)Cc1ccc(O)cc1)C(=O)NC(CCC(=O)O)C(=O)NC(C)C(=O)NC(C)C(=O)NC(CCCNC(=N)N)C(=O)NC(CC(C)C)C(=O)NC(CC(C)C)C(=O)NC(C)C(=O)NC(CC(N)=O)C(=O)NC(C)C(=O)NC(CCC(=O)O)C(=O)NCC(=O)NC(C)C(=O)NC(CCCCN)C(=O)O. The van der Waals surface area contributed by atoms with Gasteiger partial charge in [0, 0.05) is 19.4 Å². The van der Waals surface area contributed by atoms with Crippen molar-refractivity contribution in [1.82, 2.24) is 95.7 Å². The fourth-order valence-corrected chi connectivity index (χ4v) is 13.0. The number of phenolic OH excluding ortho intramolecular Hbond substituents is 1. The first-order valence-corrected chi connectivity index (χ1v) is 44.7. The number of nitrogens with one attached hydrogen (secondary N) is 19. The minimum absolute atomic E-state index is 0.00844. The van der Waals surface area contributed by atoms with E-state index in [2.05, 4.69) is 95.7 Å². The first-order chi connectivity index (χ1) is 62.6. The zero-order valence-electron chi connectivity index (χ0n) is 78.7. The summed E-state index contributed by atoms with van der Waals surface area (Å²) in [5, 5.41) is 90.0. The van der Waals surface area contributed by atoms with Crippen molar-refractivity contribution in [2.24, 2.45) is 52.3 Å². The van der Waals surface area contributed by atoms with Gasteiger partial charge in [-0.2, -0.15) is 0 Å². The number of rotatable bonds is 65. The fourth-order valence-electron chi connectivity index (χ4n) is 13.0. The number of hydrogen-bond acceptors (Lipinski definition) is 26. The molecule has 1 aromatic rings. The van der Waals surface area contributed by atoms with E-state index in [4.69, 9.17) is 34.1 Å². The standard InChI is InChI=1S/C85H144N24O25/c1-41(2)34-59(107-77(126)54(20-15-17-31-86)102-74(123)53(88)38-51-23-25-52(110)26-24-51)79(128)97-49(13)72(121)105-61(36-43(5)6)82(131)103-57(28-30-67(115)116)76(125)96-46(10)68(117)95-47(11)70(119)100-55(22-19-33-92-85(90)91)78(127)108-62(37-44(7)8)83(132)109-60(35-42(3)4)80(129)98-50(14)73(122)106-63(39-64(89)111)81(130)99-48(12)71(120)101-56(27-29-66(113)114)75(124)93-40-65(112)94-45(9)69(118)104-58(84(133)134)21-16-18-32-87/h23-26,41-50,53-63,110H,15-22,27-40,86-88H2,1-14H3,(H2,89,111)(H,93,124)(H,94,112)(H,95,117)(H,96,125)(H,97,128)(H,98,129)(H,99,130)(H,100,119)(H,101,120)(H,102,123)(H,103,131)(H,104,118)(H,105,121)(H,106,122)(H,107,126)(H,108,127)(H,109,132)(H,113,114)(H,115,116)(H,133,134)(H4,90,91,92). The Hall–Kier alpha value is -13.0. The number of carbonyl (C=O) groups is 21. The molecular weight excluding hydrogens is 1760 g/mol. The summed E-state index contributed by atoms with van der Waals surface area (Å²) in [7, 11) is 0. The molecule has 49 nitrogen and oxygen atoms in total. The van der Waals surface area contributed by atoms with Gasteiger partial charge in [-0.25, -0.2) is 4.79 Å². The number of carbonyl (C=O) groups excluding carboxylic acids is 18. The van der Waals surface area contributed by atoms with Crippen LogP contribution in [0.15, 0.2) is 24.3 Å². The van der Waals surface area contributed by atoms with Gasteiger partial charge in [0.1, 0.15) is 102 Å². The molecule has 754 valence electrons. The number of carboxylic acid groups (broad SMARTS) is 3. The molecule has 0 aliphatic carbocycles. The first kappa shape index (κ1) is 119. The van der Waals surface area contributed by atoms with Crippen LogP contribution in [-0.4, -0.2) is 280 Å². The van der Waals surface area contributed by atoms with Crippen LogP contribution in [0.2, 0.25) is 0 Å². The molecule has 134 heavy (non-hydrogen) atoms. The number of nitrogens with two attached hydrogens (primary N) is 5. The zero-order valence-corrected chi connectivity index (χ0v) is 78.7. The van der Waals surface area contributed by atoms with Crippen LogP contribution in [0, 0.1) is 29.1 Å². The van der Waals surface area contributed by atoms with E-state index >= 15 is 0 Å². The minimum Gasteiger partial charge on any atom is -0.508 e. The molecule has 17 unspecified atom stereocenters. The van der Waals surface area contributed by atoms with Crippen LogP contribution in [0.25, 0.3) is 0 Å². The average Bonchev–Trinajstić information content (AvgIpc) is 0.854. The summed E-state index contributed by atoms with van der Waals surface area (Å²) in [6.07, 6.45) is -1.75. The van der Waals surface area contributed by atoms with Gasteiger partial charge in [0.15, 0.2) is 5.96 Å². The molecule has 17 atom stereocenters.